The van der Waals surface area contributed by atoms with Crippen molar-refractivity contribution in [2.24, 2.45) is 0 Å². The molecule has 150 valence electrons. The number of amides is 1. The lowest BCUT2D eigenvalue weighted by Gasteiger charge is -2.16. The third kappa shape index (κ3) is 5.99. The largest absolute Gasteiger partial charge is 0.493 e. The second-order valence-corrected chi connectivity index (χ2v) is 6.35. The zero-order chi connectivity index (χ0) is 20.5. The minimum Gasteiger partial charge on any atom is -0.493 e. The number of likely N-dealkylation sites (N-methyl/N-ethyl adjacent to an activating group) is 1. The van der Waals surface area contributed by atoms with Crippen molar-refractivity contribution >= 4 is 17.6 Å². The lowest BCUT2D eigenvalue weighted by atomic mass is 10.2. The van der Waals surface area contributed by atoms with E-state index in [-0.39, 0.29) is 5.91 Å². The summed E-state index contributed by atoms with van der Waals surface area (Å²) in [5.41, 5.74) is 2.12. The van der Waals surface area contributed by atoms with E-state index in [1.54, 1.807) is 31.4 Å². The summed E-state index contributed by atoms with van der Waals surface area (Å²) < 4.78 is 15.5. The lowest BCUT2D eigenvalue weighted by Crippen LogP contribution is -3.08. The van der Waals surface area contributed by atoms with Gasteiger partial charge in [0.2, 0.25) is 0 Å². The average Bonchev–Trinajstić information content (AvgIpc) is 2.69. The summed E-state index contributed by atoms with van der Waals surface area (Å²) in [6, 6.07) is 12.4. The normalized spacial score (nSPS) is 11.4. The summed E-state index contributed by atoms with van der Waals surface area (Å²) in [7, 11) is 4.89. The Bertz CT molecular complexity index is 805. The highest BCUT2D eigenvalue weighted by atomic mass is 16.5. The zero-order valence-electron chi connectivity index (χ0n) is 16.7. The Kier molecular flexibility index (Phi) is 7.83. The number of hydrogen-bond acceptors (Lipinski definition) is 5. The molecule has 2 aromatic rings. The molecule has 1 unspecified atom stereocenters. The Hall–Kier alpha value is -3.06. The van der Waals surface area contributed by atoms with E-state index in [1.807, 2.05) is 32.2 Å². The van der Waals surface area contributed by atoms with Gasteiger partial charge in [0, 0.05) is 11.3 Å². The van der Waals surface area contributed by atoms with Gasteiger partial charge in [-0.05, 0) is 49.4 Å². The summed E-state index contributed by atoms with van der Waals surface area (Å²) in [6.45, 7) is 3.46. The summed E-state index contributed by atoms with van der Waals surface area (Å²) in [5.74, 6) is 0.871. The molecule has 1 amide bonds. The minimum atomic E-state index is -0.409. The van der Waals surface area contributed by atoms with Crippen LogP contribution in [0.25, 0.3) is 0 Å². The van der Waals surface area contributed by atoms with E-state index in [2.05, 4.69) is 10.1 Å². The number of nitrogens with one attached hydrogen (secondary N) is 2. The van der Waals surface area contributed by atoms with Gasteiger partial charge in [0.05, 0.1) is 33.4 Å². The zero-order valence-corrected chi connectivity index (χ0v) is 16.7. The van der Waals surface area contributed by atoms with Crippen molar-refractivity contribution in [2.75, 3.05) is 39.7 Å². The highest BCUT2D eigenvalue weighted by Crippen LogP contribution is 2.27. The fraction of sp³-hybridized carbons (Fsp3) is 0.333. The van der Waals surface area contributed by atoms with Crippen molar-refractivity contribution in [1.29, 1.82) is 0 Å². The van der Waals surface area contributed by atoms with Crippen molar-refractivity contribution in [3.63, 3.8) is 0 Å². The maximum Gasteiger partial charge on any atom is 0.337 e. The molecule has 0 aliphatic rings. The van der Waals surface area contributed by atoms with E-state index >= 15 is 0 Å². The van der Waals surface area contributed by atoms with E-state index in [0.29, 0.717) is 42.4 Å². The Morgan fingerprint density at radius 3 is 2.36 bits per heavy atom. The van der Waals surface area contributed by atoms with Crippen molar-refractivity contribution in [3.8, 4) is 11.5 Å². The first-order chi connectivity index (χ1) is 13.5. The number of methoxy groups -OCH3 is 2. The molecule has 0 heterocycles. The summed E-state index contributed by atoms with van der Waals surface area (Å²) in [4.78, 5) is 24.7. The Balaban J connectivity index is 1.91. The van der Waals surface area contributed by atoms with Crippen LogP contribution in [0, 0.1) is 0 Å². The van der Waals surface area contributed by atoms with Gasteiger partial charge in [-0.1, -0.05) is 0 Å². The maximum absolute atomic E-state index is 12.3. The van der Waals surface area contributed by atoms with Gasteiger partial charge in [-0.25, -0.2) is 4.79 Å². The number of anilines is 1. The van der Waals surface area contributed by atoms with Crippen molar-refractivity contribution < 1.29 is 28.7 Å². The van der Waals surface area contributed by atoms with Crippen LogP contribution >= 0.6 is 0 Å². The molecule has 2 N–H and O–H groups in total. The van der Waals surface area contributed by atoms with Gasteiger partial charge in [-0.15, -0.1) is 0 Å². The molecule has 0 saturated heterocycles. The van der Waals surface area contributed by atoms with Crippen molar-refractivity contribution in [2.45, 2.75) is 13.5 Å². The van der Waals surface area contributed by atoms with Crippen LogP contribution in [0.4, 0.5) is 5.69 Å². The van der Waals surface area contributed by atoms with E-state index in [9.17, 15) is 9.59 Å². The highest BCUT2D eigenvalue weighted by Gasteiger charge is 2.13. The molecule has 0 spiro atoms. The Morgan fingerprint density at radius 1 is 1.04 bits per heavy atom. The molecule has 7 heteroatoms. The second kappa shape index (κ2) is 10.3. The number of rotatable bonds is 9. The number of hydrogen-bond donors (Lipinski definition) is 2. The molecule has 2 rings (SSSR count). The first-order valence-electron chi connectivity index (χ1n) is 9.06. The van der Waals surface area contributed by atoms with E-state index in [4.69, 9.17) is 9.47 Å². The Labute approximate surface area is 165 Å². The van der Waals surface area contributed by atoms with Gasteiger partial charge >= 0.3 is 5.97 Å². The van der Waals surface area contributed by atoms with Gasteiger partial charge in [-0.3, -0.25) is 4.79 Å². The molecule has 0 aliphatic carbocycles. The molecule has 0 radical (unpaired) electrons. The monoisotopic (exact) mass is 387 g/mol. The molecular weight excluding hydrogens is 360 g/mol. The quantitative estimate of drug-likeness (QED) is 0.638. The molecule has 0 bridgehead atoms. The lowest BCUT2D eigenvalue weighted by molar-refractivity contribution is -0.885. The first-order valence-corrected chi connectivity index (χ1v) is 9.06. The van der Waals surface area contributed by atoms with Crippen LogP contribution < -0.4 is 19.7 Å². The Morgan fingerprint density at radius 2 is 1.75 bits per heavy atom. The van der Waals surface area contributed by atoms with E-state index in [0.717, 1.165) is 10.5 Å². The van der Waals surface area contributed by atoms with E-state index < -0.39 is 5.97 Å². The van der Waals surface area contributed by atoms with E-state index in [1.165, 1.54) is 7.11 Å². The SMILES string of the molecule is CCOc1ccc(C[NH+](C)CC(=O)Nc2ccc(C(=O)OC)cc2)cc1OC. The van der Waals surface area contributed by atoms with Gasteiger partial charge < -0.3 is 24.4 Å². The molecule has 0 saturated carbocycles. The second-order valence-electron chi connectivity index (χ2n) is 6.35. The van der Waals surface area contributed by atoms with Crippen molar-refractivity contribution in [3.05, 3.63) is 53.6 Å². The molecule has 2 aromatic carbocycles. The van der Waals surface area contributed by atoms with Crippen LogP contribution in [-0.4, -0.2) is 46.3 Å². The molecule has 0 aliphatic heterocycles. The molecule has 1 atom stereocenters. The highest BCUT2D eigenvalue weighted by molar-refractivity contribution is 5.93. The molecule has 28 heavy (non-hydrogen) atoms. The molecule has 7 nitrogen and oxygen atoms in total. The average molecular weight is 387 g/mol. The first kappa shape index (κ1) is 21.2. The smallest absolute Gasteiger partial charge is 0.337 e. The topological polar surface area (TPSA) is 78.3 Å². The number of esters is 1. The number of benzene rings is 2. The molecular formula is C21H27N2O5+. The standard InChI is InChI=1S/C21H26N2O5/c1-5-28-18-11-6-15(12-19(18)26-3)13-23(2)14-20(24)22-17-9-7-16(8-10-17)21(25)27-4/h6-12H,5,13-14H2,1-4H3,(H,22,24)/p+1. The van der Waals surface area contributed by atoms with Crippen LogP contribution in [0.2, 0.25) is 0 Å². The van der Waals surface area contributed by atoms with Crippen LogP contribution in [0.1, 0.15) is 22.8 Å². The van der Waals surface area contributed by atoms with Gasteiger partial charge in [0.15, 0.2) is 18.0 Å². The van der Waals surface area contributed by atoms with Crippen LogP contribution in [0.15, 0.2) is 42.5 Å². The number of carbonyl (C=O) groups excluding carboxylic acids is 2. The van der Waals surface area contributed by atoms with Gasteiger partial charge in [-0.2, -0.15) is 0 Å². The fourth-order valence-corrected chi connectivity index (χ4v) is 2.79. The fourth-order valence-electron chi connectivity index (χ4n) is 2.79. The van der Waals surface area contributed by atoms with Gasteiger partial charge in [0.1, 0.15) is 6.54 Å². The van der Waals surface area contributed by atoms with Crippen LogP contribution in [0.3, 0.4) is 0 Å². The third-order valence-electron chi connectivity index (χ3n) is 4.09. The molecule has 0 fully saturated rings. The number of quaternary nitrogens is 1. The summed E-state index contributed by atoms with van der Waals surface area (Å²) >= 11 is 0. The van der Waals surface area contributed by atoms with Crippen LogP contribution in [-0.2, 0) is 16.1 Å². The van der Waals surface area contributed by atoms with Crippen molar-refractivity contribution in [1.82, 2.24) is 0 Å². The number of carbonyl (C=O) groups is 2. The van der Waals surface area contributed by atoms with Gasteiger partial charge in [0.25, 0.3) is 5.91 Å². The summed E-state index contributed by atoms with van der Waals surface area (Å²) in [6.07, 6.45) is 0. The number of ether oxygens (including phenoxy) is 3. The summed E-state index contributed by atoms with van der Waals surface area (Å²) in [5, 5.41) is 2.83. The minimum absolute atomic E-state index is 0.110. The maximum atomic E-state index is 12.3. The third-order valence-corrected chi connectivity index (χ3v) is 4.09. The molecule has 0 aromatic heterocycles. The van der Waals surface area contributed by atoms with Crippen LogP contribution in [0.5, 0.6) is 11.5 Å². The predicted molar refractivity (Wildman–Crippen MR) is 106 cm³/mol. The predicted octanol–water partition coefficient (Wildman–Crippen LogP) is 1.53.